The Morgan fingerprint density at radius 2 is 2.06 bits per heavy atom. The van der Waals surface area contributed by atoms with E-state index in [0.717, 1.165) is 0 Å². The van der Waals surface area contributed by atoms with Crippen LogP contribution in [0.4, 0.5) is 5.95 Å². The number of nitrogens with one attached hydrogen (secondary N) is 1. The minimum absolute atomic E-state index is 0.0226. The van der Waals surface area contributed by atoms with Crippen LogP contribution in [0.3, 0.4) is 0 Å². The van der Waals surface area contributed by atoms with E-state index in [1.54, 1.807) is 6.92 Å². The lowest BCUT2D eigenvalue weighted by Crippen LogP contribution is -2.25. The Kier molecular flexibility index (Phi) is 5.08. The number of amides is 1. The Morgan fingerprint density at radius 3 is 2.61 bits per heavy atom. The first-order chi connectivity index (χ1) is 8.36. The Hall–Kier alpha value is -1.63. The quantitative estimate of drug-likeness (QED) is 0.801. The lowest BCUT2D eigenvalue weighted by atomic mass is 10.2. The van der Waals surface area contributed by atoms with Crippen LogP contribution in [0.5, 0.6) is 6.01 Å². The fourth-order valence-corrected chi connectivity index (χ4v) is 1.39. The van der Waals surface area contributed by atoms with Crippen molar-refractivity contribution < 1.29 is 9.53 Å². The molecule has 0 aliphatic carbocycles. The van der Waals surface area contributed by atoms with Crippen molar-refractivity contribution in [2.75, 3.05) is 5.32 Å². The van der Waals surface area contributed by atoms with Gasteiger partial charge in [0.05, 0.1) is 6.10 Å². The molecule has 0 radical (unpaired) electrons. The predicted molar refractivity (Wildman–Crippen MR) is 67.5 cm³/mol. The third-order valence-electron chi connectivity index (χ3n) is 1.81. The van der Waals surface area contributed by atoms with Crippen LogP contribution in [0, 0.1) is 0 Å². The maximum absolute atomic E-state index is 10.8. The molecule has 100 valence electrons. The molecule has 1 aromatic heterocycles. The first kappa shape index (κ1) is 14.4. The van der Waals surface area contributed by atoms with Gasteiger partial charge in [-0.15, -0.1) is 0 Å². The first-order valence-electron chi connectivity index (χ1n) is 5.50. The highest BCUT2D eigenvalue weighted by atomic mass is 35.5. The lowest BCUT2D eigenvalue weighted by molar-refractivity contribution is -0.118. The molecule has 1 rings (SSSR count). The zero-order chi connectivity index (χ0) is 13.7. The van der Waals surface area contributed by atoms with E-state index >= 15 is 0 Å². The van der Waals surface area contributed by atoms with Crippen molar-refractivity contribution in [3.63, 3.8) is 0 Å². The molecular formula is C10H16ClN5O2. The van der Waals surface area contributed by atoms with Gasteiger partial charge >= 0.3 is 6.01 Å². The van der Waals surface area contributed by atoms with Gasteiger partial charge in [-0.3, -0.25) is 4.79 Å². The zero-order valence-corrected chi connectivity index (χ0v) is 11.2. The summed E-state index contributed by atoms with van der Waals surface area (Å²) in [4.78, 5) is 22.5. The van der Waals surface area contributed by atoms with Crippen molar-refractivity contribution in [1.29, 1.82) is 0 Å². The van der Waals surface area contributed by atoms with Crippen molar-refractivity contribution in [3.8, 4) is 6.01 Å². The number of carbonyl (C=O) groups is 1. The lowest BCUT2D eigenvalue weighted by Gasteiger charge is -2.13. The first-order valence-corrected chi connectivity index (χ1v) is 5.87. The smallest absolute Gasteiger partial charge is 0.322 e. The molecule has 0 saturated carbocycles. The fourth-order valence-electron chi connectivity index (χ4n) is 1.23. The van der Waals surface area contributed by atoms with Gasteiger partial charge in [0.1, 0.15) is 0 Å². The largest absolute Gasteiger partial charge is 0.461 e. The fraction of sp³-hybridized carbons (Fsp3) is 0.600. The van der Waals surface area contributed by atoms with E-state index in [9.17, 15) is 4.79 Å². The van der Waals surface area contributed by atoms with Crippen molar-refractivity contribution in [3.05, 3.63) is 5.28 Å². The number of carbonyl (C=O) groups excluding carboxylic acids is 1. The minimum Gasteiger partial charge on any atom is -0.461 e. The van der Waals surface area contributed by atoms with E-state index in [1.165, 1.54) is 0 Å². The maximum Gasteiger partial charge on any atom is 0.322 e. The molecule has 7 nitrogen and oxygen atoms in total. The minimum atomic E-state index is -0.409. The summed E-state index contributed by atoms with van der Waals surface area (Å²) >= 11 is 5.75. The zero-order valence-electron chi connectivity index (χ0n) is 10.5. The summed E-state index contributed by atoms with van der Waals surface area (Å²) in [7, 11) is 0. The van der Waals surface area contributed by atoms with E-state index in [2.05, 4.69) is 20.3 Å². The summed E-state index contributed by atoms with van der Waals surface area (Å²) in [6, 6.07) is -0.0633. The molecule has 0 bridgehead atoms. The van der Waals surface area contributed by atoms with Gasteiger partial charge in [-0.25, -0.2) is 0 Å². The van der Waals surface area contributed by atoms with Crippen LogP contribution in [-0.4, -0.2) is 33.0 Å². The second kappa shape index (κ2) is 6.34. The SMILES string of the molecule is CC(CC(N)=O)Nc1nc(Cl)nc(OC(C)C)n1. The van der Waals surface area contributed by atoms with E-state index in [-0.39, 0.29) is 35.8 Å². The number of aromatic nitrogens is 3. The summed E-state index contributed by atoms with van der Waals surface area (Å²) in [6.07, 6.45) is 0.100. The number of halogens is 1. The number of ether oxygens (including phenoxy) is 1. The molecule has 1 aromatic rings. The topological polar surface area (TPSA) is 103 Å². The van der Waals surface area contributed by atoms with Gasteiger partial charge in [0.15, 0.2) is 0 Å². The monoisotopic (exact) mass is 273 g/mol. The van der Waals surface area contributed by atoms with Crippen LogP contribution in [0.15, 0.2) is 0 Å². The molecule has 1 atom stereocenters. The summed E-state index contributed by atoms with van der Waals surface area (Å²) in [6.45, 7) is 5.48. The Balaban J connectivity index is 2.76. The second-order valence-corrected chi connectivity index (χ2v) is 4.43. The molecule has 8 heteroatoms. The summed E-state index contributed by atoms with van der Waals surface area (Å²) in [5, 5.41) is 2.92. The van der Waals surface area contributed by atoms with E-state index in [0.29, 0.717) is 0 Å². The van der Waals surface area contributed by atoms with Crippen LogP contribution in [0.1, 0.15) is 27.2 Å². The highest BCUT2D eigenvalue weighted by molar-refractivity contribution is 6.28. The third-order valence-corrected chi connectivity index (χ3v) is 1.98. The second-order valence-electron chi connectivity index (χ2n) is 4.09. The average Bonchev–Trinajstić information content (AvgIpc) is 2.12. The summed E-state index contributed by atoms with van der Waals surface area (Å²) in [5.74, 6) is -0.159. The van der Waals surface area contributed by atoms with Crippen LogP contribution in [0.25, 0.3) is 0 Å². The number of hydrogen-bond donors (Lipinski definition) is 2. The number of nitrogens with zero attached hydrogens (tertiary/aromatic N) is 3. The van der Waals surface area contributed by atoms with Gasteiger partial charge < -0.3 is 15.8 Å². The van der Waals surface area contributed by atoms with E-state index in [1.807, 2.05) is 13.8 Å². The van der Waals surface area contributed by atoms with Crippen molar-refractivity contribution in [1.82, 2.24) is 15.0 Å². The number of anilines is 1. The van der Waals surface area contributed by atoms with Gasteiger partial charge in [0, 0.05) is 12.5 Å². The van der Waals surface area contributed by atoms with E-state index in [4.69, 9.17) is 22.1 Å². The highest BCUT2D eigenvalue weighted by Gasteiger charge is 2.11. The number of hydrogen-bond acceptors (Lipinski definition) is 6. The molecule has 0 spiro atoms. The molecule has 3 N–H and O–H groups in total. The Labute approximate surface area is 110 Å². The number of primary amides is 1. The Bertz CT molecular complexity index is 427. The van der Waals surface area contributed by atoms with Gasteiger partial charge in [0.25, 0.3) is 0 Å². The molecule has 0 aromatic carbocycles. The molecular weight excluding hydrogens is 258 g/mol. The molecule has 0 fully saturated rings. The number of rotatable bonds is 6. The van der Waals surface area contributed by atoms with Gasteiger partial charge in [-0.2, -0.15) is 15.0 Å². The molecule has 1 unspecified atom stereocenters. The number of nitrogens with two attached hydrogens (primary N) is 1. The van der Waals surface area contributed by atoms with Crippen LogP contribution in [0.2, 0.25) is 5.28 Å². The molecule has 1 amide bonds. The van der Waals surface area contributed by atoms with Crippen LogP contribution < -0.4 is 15.8 Å². The maximum atomic E-state index is 10.8. The third kappa shape index (κ3) is 5.13. The van der Waals surface area contributed by atoms with Gasteiger partial charge in [-0.1, -0.05) is 0 Å². The Morgan fingerprint density at radius 1 is 1.39 bits per heavy atom. The molecule has 0 aliphatic rings. The predicted octanol–water partition coefficient (Wildman–Crippen LogP) is 0.988. The molecule has 18 heavy (non-hydrogen) atoms. The summed E-state index contributed by atoms with van der Waals surface area (Å²) < 4.78 is 5.32. The molecule has 0 saturated heterocycles. The van der Waals surface area contributed by atoms with E-state index < -0.39 is 5.91 Å². The average molecular weight is 274 g/mol. The van der Waals surface area contributed by atoms with Gasteiger partial charge in [0.2, 0.25) is 17.1 Å². The molecule has 0 aliphatic heterocycles. The highest BCUT2D eigenvalue weighted by Crippen LogP contribution is 2.13. The van der Waals surface area contributed by atoms with Crippen LogP contribution >= 0.6 is 11.6 Å². The van der Waals surface area contributed by atoms with Crippen LogP contribution in [-0.2, 0) is 4.79 Å². The summed E-state index contributed by atoms with van der Waals surface area (Å²) in [5.41, 5.74) is 5.09. The molecule has 1 heterocycles. The van der Waals surface area contributed by atoms with Crippen molar-refractivity contribution in [2.45, 2.75) is 39.3 Å². The normalized spacial score (nSPS) is 12.3. The van der Waals surface area contributed by atoms with Crippen molar-refractivity contribution >= 4 is 23.5 Å². The standard InChI is InChI=1S/C10H16ClN5O2/c1-5(2)18-10-15-8(11)14-9(16-10)13-6(3)4-7(12)17/h5-6H,4H2,1-3H3,(H2,12,17)(H,13,14,15,16). The van der Waals surface area contributed by atoms with Gasteiger partial charge in [-0.05, 0) is 32.4 Å². The van der Waals surface area contributed by atoms with Crippen molar-refractivity contribution in [2.24, 2.45) is 5.73 Å².